The van der Waals surface area contributed by atoms with Crippen LogP contribution >= 0.6 is 0 Å². The first kappa shape index (κ1) is 8.10. The number of allylic oxidation sites excluding steroid dienone is 5. The first-order valence-corrected chi connectivity index (χ1v) is 4.01. The predicted octanol–water partition coefficient (Wildman–Crippen LogP) is 3.24. The van der Waals surface area contributed by atoms with Crippen molar-refractivity contribution in [2.45, 2.75) is 20.8 Å². The molecule has 0 heteroatoms. The Bertz CT molecular complexity index is 256. The molecule has 0 heterocycles. The van der Waals surface area contributed by atoms with E-state index in [1.165, 1.54) is 11.1 Å². The van der Waals surface area contributed by atoms with Crippen LogP contribution in [0.4, 0.5) is 0 Å². The summed E-state index contributed by atoms with van der Waals surface area (Å²) in [6, 6.07) is 0. The van der Waals surface area contributed by atoms with Crippen molar-refractivity contribution in [2.24, 2.45) is 5.92 Å². The summed E-state index contributed by atoms with van der Waals surface area (Å²) in [4.78, 5) is 0. The van der Waals surface area contributed by atoms with Crippen LogP contribution in [0.5, 0.6) is 0 Å². The summed E-state index contributed by atoms with van der Waals surface area (Å²) in [5.74, 6) is 0.571. The van der Waals surface area contributed by atoms with E-state index in [-0.39, 0.29) is 0 Å². The van der Waals surface area contributed by atoms with Gasteiger partial charge in [0.05, 0.1) is 0 Å². The second-order valence-corrected chi connectivity index (χ2v) is 3.17. The summed E-state index contributed by atoms with van der Waals surface area (Å²) < 4.78 is 0. The third kappa shape index (κ3) is 2.25. The van der Waals surface area contributed by atoms with E-state index in [0.29, 0.717) is 5.92 Å². The average molecular weight is 146 g/mol. The summed E-state index contributed by atoms with van der Waals surface area (Å²) in [7, 11) is 0. The summed E-state index contributed by atoms with van der Waals surface area (Å²) in [6.07, 6.45) is 8.34. The fraction of sp³-hybridized carbons (Fsp3) is 0.364. The smallest absolute Gasteiger partial charge is 0.00348 e. The van der Waals surface area contributed by atoms with Crippen LogP contribution in [0.1, 0.15) is 20.8 Å². The van der Waals surface area contributed by atoms with Crippen LogP contribution in [0.25, 0.3) is 0 Å². The second-order valence-electron chi connectivity index (χ2n) is 3.17. The lowest BCUT2D eigenvalue weighted by Gasteiger charge is -2.00. The van der Waals surface area contributed by atoms with Crippen molar-refractivity contribution < 1.29 is 0 Å². The molecule has 0 aliphatic heterocycles. The molecule has 0 fully saturated rings. The zero-order valence-corrected chi connectivity index (χ0v) is 7.39. The molecule has 0 saturated carbocycles. The molecule has 0 aromatic rings. The van der Waals surface area contributed by atoms with Gasteiger partial charge in [-0.3, -0.25) is 0 Å². The molecule has 0 saturated heterocycles. The van der Waals surface area contributed by atoms with Crippen LogP contribution in [-0.2, 0) is 0 Å². The first-order chi connectivity index (χ1) is 5.20. The molecule has 0 aromatic carbocycles. The maximum atomic E-state index is 3.24. The summed E-state index contributed by atoms with van der Waals surface area (Å²) in [6.45, 7) is 6.46. The molecule has 0 N–H and O–H groups in total. The second kappa shape index (κ2) is 3.41. The highest BCUT2D eigenvalue weighted by Crippen LogP contribution is 2.12. The van der Waals surface area contributed by atoms with Crippen molar-refractivity contribution in [3.63, 3.8) is 0 Å². The molecule has 0 bridgehead atoms. The Hall–Kier alpha value is -1.00. The lowest BCUT2D eigenvalue weighted by molar-refractivity contribution is 0.793. The molecular weight excluding hydrogens is 132 g/mol. The number of hydrogen-bond acceptors (Lipinski definition) is 0. The Morgan fingerprint density at radius 1 is 1.27 bits per heavy atom. The molecule has 1 aliphatic rings. The number of hydrogen-bond donors (Lipinski definition) is 0. The average Bonchev–Trinajstić information content (AvgIpc) is 2.13. The first-order valence-electron chi connectivity index (χ1n) is 4.01. The van der Waals surface area contributed by atoms with E-state index in [4.69, 9.17) is 0 Å². The molecule has 0 radical (unpaired) electrons. The normalized spacial score (nSPS) is 16.4. The highest BCUT2D eigenvalue weighted by Gasteiger charge is 1.97. The van der Waals surface area contributed by atoms with Gasteiger partial charge in [0.25, 0.3) is 0 Å². The zero-order chi connectivity index (χ0) is 8.27. The van der Waals surface area contributed by atoms with E-state index in [1.54, 1.807) is 0 Å². The molecule has 1 rings (SSSR count). The molecule has 0 spiro atoms. The van der Waals surface area contributed by atoms with Crippen LogP contribution in [-0.4, -0.2) is 0 Å². The van der Waals surface area contributed by atoms with Crippen LogP contribution in [0.15, 0.2) is 41.2 Å². The summed E-state index contributed by atoms with van der Waals surface area (Å²) in [5, 5.41) is 0. The van der Waals surface area contributed by atoms with Gasteiger partial charge in [-0.25, -0.2) is 0 Å². The van der Waals surface area contributed by atoms with Gasteiger partial charge < -0.3 is 0 Å². The Morgan fingerprint density at radius 2 is 2.00 bits per heavy atom. The molecule has 1 aliphatic carbocycles. The van der Waals surface area contributed by atoms with Crippen molar-refractivity contribution in [1.82, 2.24) is 0 Å². The molecule has 0 aromatic heterocycles. The van der Waals surface area contributed by atoms with Gasteiger partial charge in [0.1, 0.15) is 0 Å². The van der Waals surface area contributed by atoms with Gasteiger partial charge in [-0.2, -0.15) is 0 Å². The highest BCUT2D eigenvalue weighted by molar-refractivity contribution is 5.33. The van der Waals surface area contributed by atoms with Crippen molar-refractivity contribution >= 4 is 0 Å². The molecule has 11 heavy (non-hydrogen) atoms. The molecule has 0 amide bonds. The van der Waals surface area contributed by atoms with Crippen LogP contribution < -0.4 is 0 Å². The minimum absolute atomic E-state index is 0.571. The standard InChI is InChI=1S/C11H14/c1-9(2)11-6-4-5-10(3)7-8-11/h4-5,7-9H,1-3H3. The van der Waals surface area contributed by atoms with Gasteiger partial charge in [0.2, 0.25) is 0 Å². The molecule has 0 nitrogen and oxygen atoms in total. The van der Waals surface area contributed by atoms with E-state index in [2.05, 4.69) is 44.7 Å². The largest absolute Gasteiger partial charge is 0.117 e. The summed E-state index contributed by atoms with van der Waals surface area (Å²) >= 11 is 0. The highest BCUT2D eigenvalue weighted by atomic mass is 14.0. The van der Waals surface area contributed by atoms with Gasteiger partial charge in [-0.05, 0) is 24.5 Å². The van der Waals surface area contributed by atoms with E-state index >= 15 is 0 Å². The van der Waals surface area contributed by atoms with Gasteiger partial charge in [-0.1, -0.05) is 37.6 Å². The Morgan fingerprint density at radius 3 is 2.64 bits per heavy atom. The minimum Gasteiger partial charge on any atom is -0.117 e. The van der Waals surface area contributed by atoms with Crippen molar-refractivity contribution in [3.05, 3.63) is 41.2 Å². The van der Waals surface area contributed by atoms with E-state index in [0.717, 1.165) is 0 Å². The SMILES string of the molecule is CC1=CC=C=C(C(C)C)C=C1. The summed E-state index contributed by atoms with van der Waals surface area (Å²) in [5.41, 5.74) is 5.80. The monoisotopic (exact) mass is 146 g/mol. The maximum absolute atomic E-state index is 3.24. The van der Waals surface area contributed by atoms with E-state index < -0.39 is 0 Å². The van der Waals surface area contributed by atoms with Gasteiger partial charge in [-0.15, -0.1) is 5.73 Å². The van der Waals surface area contributed by atoms with Gasteiger partial charge in [0.15, 0.2) is 0 Å². The van der Waals surface area contributed by atoms with Crippen molar-refractivity contribution in [3.8, 4) is 0 Å². The molecule has 58 valence electrons. The fourth-order valence-electron chi connectivity index (χ4n) is 0.953. The lowest BCUT2D eigenvalue weighted by Crippen LogP contribution is -1.87. The Kier molecular flexibility index (Phi) is 2.51. The predicted molar refractivity (Wildman–Crippen MR) is 49.3 cm³/mol. The zero-order valence-electron chi connectivity index (χ0n) is 7.39. The third-order valence-corrected chi connectivity index (χ3v) is 1.74. The third-order valence-electron chi connectivity index (χ3n) is 1.74. The van der Waals surface area contributed by atoms with Crippen LogP contribution in [0, 0.1) is 5.92 Å². The molecule has 0 atom stereocenters. The fourth-order valence-corrected chi connectivity index (χ4v) is 0.953. The quantitative estimate of drug-likeness (QED) is 0.498. The molecule has 0 unspecified atom stereocenters. The Balaban J connectivity index is 2.90. The maximum Gasteiger partial charge on any atom is -0.00348 e. The van der Waals surface area contributed by atoms with E-state index in [9.17, 15) is 0 Å². The topological polar surface area (TPSA) is 0 Å². The van der Waals surface area contributed by atoms with Gasteiger partial charge >= 0.3 is 0 Å². The van der Waals surface area contributed by atoms with Crippen molar-refractivity contribution in [2.75, 3.05) is 0 Å². The lowest BCUT2D eigenvalue weighted by atomic mass is 10.0. The van der Waals surface area contributed by atoms with Gasteiger partial charge in [0, 0.05) is 0 Å². The van der Waals surface area contributed by atoms with Crippen LogP contribution in [0.2, 0.25) is 0 Å². The van der Waals surface area contributed by atoms with E-state index in [1.807, 2.05) is 6.08 Å². The number of rotatable bonds is 1. The Labute approximate surface area is 68.6 Å². The van der Waals surface area contributed by atoms with Crippen LogP contribution in [0.3, 0.4) is 0 Å². The minimum atomic E-state index is 0.571. The molecular formula is C11H14. The van der Waals surface area contributed by atoms with Crippen molar-refractivity contribution in [1.29, 1.82) is 0 Å².